The normalized spacial score (nSPS) is 23.7. The molecule has 4 fully saturated rings. The van der Waals surface area contributed by atoms with Crippen LogP contribution < -0.4 is 9.80 Å². The molecular formula is C54H46Cl2N4O6. The Morgan fingerprint density at radius 2 is 0.864 bits per heavy atom. The maximum absolute atomic E-state index is 14.0. The Balaban J connectivity index is 0.000000146. The molecule has 6 aromatic carbocycles. The topological polar surface area (TPSA) is 99.7 Å². The van der Waals surface area contributed by atoms with Crippen LogP contribution in [-0.2, 0) is 29.9 Å². The first-order chi connectivity index (χ1) is 32.2. The lowest BCUT2D eigenvalue weighted by Gasteiger charge is -2.27. The summed E-state index contributed by atoms with van der Waals surface area (Å²) in [7, 11) is 0. The van der Waals surface area contributed by atoms with Crippen molar-refractivity contribution < 1.29 is 28.7 Å². The molecular weight excluding hydrogens is 872 g/mol. The molecule has 0 N–H and O–H groups in total. The standard InChI is InChI=1S/2C27H23ClN2O3/c2*28-20-10-8-18(9-11-20)23-17-27(23)22-6-1-2-7-24(22)30(26(27)32)21-5-3-4-19(16-21)25(31)29-12-14-33-15-13-29/h2*1-11,16,23H,12-15,17H2/t2*23-,27-/m10/s1. The van der Waals surface area contributed by atoms with Gasteiger partial charge < -0.3 is 19.3 Å². The predicted molar refractivity (Wildman–Crippen MR) is 254 cm³/mol. The number of benzene rings is 6. The van der Waals surface area contributed by atoms with Crippen LogP contribution in [0.1, 0.15) is 67.6 Å². The molecule has 2 saturated heterocycles. The lowest BCUT2D eigenvalue weighted by Crippen LogP contribution is -2.40. The molecule has 2 aliphatic carbocycles. The van der Waals surface area contributed by atoms with Crippen LogP contribution in [0, 0.1) is 0 Å². The first-order valence-corrected chi connectivity index (χ1v) is 23.3. The summed E-state index contributed by atoms with van der Waals surface area (Å²) in [6.07, 6.45) is 1.54. The van der Waals surface area contributed by atoms with Gasteiger partial charge in [0.15, 0.2) is 0 Å². The second kappa shape index (κ2) is 16.8. The molecule has 12 heteroatoms. The molecule has 0 radical (unpaired) electrons. The summed E-state index contributed by atoms with van der Waals surface area (Å²) in [4.78, 5) is 61.2. The lowest BCUT2D eigenvalue weighted by atomic mass is 9.92. The minimum Gasteiger partial charge on any atom is -0.378 e. The van der Waals surface area contributed by atoms with Gasteiger partial charge in [-0.2, -0.15) is 0 Å². The highest BCUT2D eigenvalue weighted by Crippen LogP contribution is 2.68. The van der Waals surface area contributed by atoms with E-state index in [-0.39, 0.29) is 35.5 Å². The molecule has 12 rings (SSSR count). The second-order valence-electron chi connectivity index (χ2n) is 17.8. The van der Waals surface area contributed by atoms with Gasteiger partial charge in [-0.05, 0) is 108 Å². The molecule has 6 aliphatic rings. The Bertz CT molecular complexity index is 2700. The summed E-state index contributed by atoms with van der Waals surface area (Å²) in [5.41, 5.74) is 7.67. The van der Waals surface area contributed by atoms with Crippen molar-refractivity contribution in [2.24, 2.45) is 0 Å². The molecule has 0 unspecified atom stereocenters. The van der Waals surface area contributed by atoms with Crippen molar-refractivity contribution in [2.75, 3.05) is 62.4 Å². The van der Waals surface area contributed by atoms with Gasteiger partial charge in [0, 0.05) is 70.6 Å². The molecule has 0 aromatic heterocycles. The molecule has 6 aromatic rings. The molecule has 4 aliphatic heterocycles. The molecule has 0 bridgehead atoms. The fraction of sp³-hybridized carbons (Fsp3) is 0.259. The lowest BCUT2D eigenvalue weighted by molar-refractivity contribution is -0.120. The minimum atomic E-state index is -0.561. The van der Waals surface area contributed by atoms with Crippen molar-refractivity contribution in [1.29, 1.82) is 0 Å². The molecule has 4 amide bonds. The number of halogens is 2. The summed E-state index contributed by atoms with van der Waals surface area (Å²) in [5.74, 6) is 0.318. The number of ether oxygens (including phenoxy) is 2. The highest BCUT2D eigenvalue weighted by molar-refractivity contribution is 6.31. The maximum Gasteiger partial charge on any atom is 0.254 e. The number of para-hydroxylation sites is 2. The smallest absolute Gasteiger partial charge is 0.254 e. The Hall–Kier alpha value is -6.30. The Morgan fingerprint density at radius 3 is 1.26 bits per heavy atom. The number of fused-ring (bicyclic) bond motifs is 4. The van der Waals surface area contributed by atoms with Crippen molar-refractivity contribution in [3.8, 4) is 0 Å². The monoisotopic (exact) mass is 916 g/mol. The van der Waals surface area contributed by atoms with E-state index in [9.17, 15) is 19.2 Å². The van der Waals surface area contributed by atoms with Crippen LogP contribution in [0.2, 0.25) is 10.0 Å². The van der Waals surface area contributed by atoms with E-state index in [0.717, 1.165) is 57.8 Å². The number of nitrogens with zero attached hydrogens (tertiary/aromatic N) is 4. The summed E-state index contributed by atoms with van der Waals surface area (Å²) in [6, 6.07) is 46.4. The SMILES string of the molecule is O=C(c1cccc(N2C(=O)[C@@]3(C[C@H]3c3ccc(Cl)cc3)c3ccccc32)c1)N1CCOCC1.O=C(c1cccc(N2C(=O)[C@]3(C[C@@H]3c3ccc(Cl)cc3)c3ccccc32)c1)N1CCOCC1. The first kappa shape index (κ1) is 42.3. The average Bonchev–Trinajstić information content (AvgIpc) is 4.27. The second-order valence-corrected chi connectivity index (χ2v) is 18.7. The van der Waals surface area contributed by atoms with Gasteiger partial charge in [-0.3, -0.25) is 29.0 Å². The third kappa shape index (κ3) is 7.09. The van der Waals surface area contributed by atoms with E-state index in [2.05, 4.69) is 12.1 Å². The van der Waals surface area contributed by atoms with Crippen LogP contribution >= 0.6 is 23.2 Å². The average molecular weight is 918 g/mol. The van der Waals surface area contributed by atoms with Crippen molar-refractivity contribution >= 4 is 69.6 Å². The van der Waals surface area contributed by atoms with E-state index in [1.54, 1.807) is 19.6 Å². The largest absolute Gasteiger partial charge is 0.378 e. The van der Waals surface area contributed by atoms with Crippen molar-refractivity contribution in [2.45, 2.75) is 35.5 Å². The number of carbonyl (C=O) groups is 4. The first-order valence-electron chi connectivity index (χ1n) is 22.5. The maximum atomic E-state index is 14.0. The zero-order valence-corrected chi connectivity index (χ0v) is 37.6. The van der Waals surface area contributed by atoms with Gasteiger partial charge in [0.2, 0.25) is 11.8 Å². The summed E-state index contributed by atoms with van der Waals surface area (Å²) in [5, 5.41) is 1.38. The van der Waals surface area contributed by atoms with E-state index >= 15 is 0 Å². The van der Waals surface area contributed by atoms with Gasteiger partial charge >= 0.3 is 0 Å². The van der Waals surface area contributed by atoms with Crippen LogP contribution in [0.4, 0.5) is 22.7 Å². The zero-order chi connectivity index (χ0) is 45.2. The van der Waals surface area contributed by atoms with Crippen LogP contribution in [0.25, 0.3) is 0 Å². The fourth-order valence-corrected chi connectivity index (χ4v) is 10.9. The van der Waals surface area contributed by atoms with Gasteiger partial charge in [0.05, 0.1) is 48.6 Å². The van der Waals surface area contributed by atoms with E-state index < -0.39 is 10.8 Å². The Kier molecular flexibility index (Phi) is 10.8. The number of hydrogen-bond donors (Lipinski definition) is 0. The van der Waals surface area contributed by atoms with Crippen LogP contribution in [0.5, 0.6) is 0 Å². The van der Waals surface area contributed by atoms with E-state index in [4.69, 9.17) is 32.7 Å². The number of hydrogen-bond acceptors (Lipinski definition) is 6. The minimum absolute atomic E-state index is 0.0275. The van der Waals surface area contributed by atoms with Gasteiger partial charge in [-0.15, -0.1) is 0 Å². The summed E-state index contributed by atoms with van der Waals surface area (Å²) < 4.78 is 10.7. The summed E-state index contributed by atoms with van der Waals surface area (Å²) in [6.45, 7) is 4.55. The number of morpholine rings is 2. The van der Waals surface area contributed by atoms with Crippen LogP contribution in [0.3, 0.4) is 0 Å². The van der Waals surface area contributed by atoms with Gasteiger partial charge in [0.1, 0.15) is 0 Å². The predicted octanol–water partition coefficient (Wildman–Crippen LogP) is 9.83. The highest BCUT2D eigenvalue weighted by Gasteiger charge is 2.68. The van der Waals surface area contributed by atoms with Crippen LogP contribution in [-0.4, -0.2) is 86.0 Å². The van der Waals surface area contributed by atoms with Gasteiger partial charge in [-0.1, -0.05) is 96.0 Å². The third-order valence-electron chi connectivity index (χ3n) is 14.2. The van der Waals surface area contributed by atoms with E-state index in [1.807, 2.05) is 133 Å². The quantitative estimate of drug-likeness (QED) is 0.165. The molecule has 2 spiro atoms. The van der Waals surface area contributed by atoms with E-state index in [1.165, 1.54) is 0 Å². The molecule has 2 saturated carbocycles. The molecule has 4 atom stereocenters. The number of anilines is 4. The number of rotatable bonds is 6. The molecule has 10 nitrogen and oxygen atoms in total. The van der Waals surface area contributed by atoms with Crippen molar-refractivity contribution in [1.82, 2.24) is 9.80 Å². The molecule has 4 heterocycles. The number of amides is 4. The van der Waals surface area contributed by atoms with Gasteiger partial charge in [-0.25, -0.2) is 0 Å². The number of carbonyl (C=O) groups excluding carboxylic acids is 4. The van der Waals surface area contributed by atoms with Crippen molar-refractivity contribution in [3.05, 3.63) is 189 Å². The fourth-order valence-electron chi connectivity index (χ4n) is 10.7. The Labute approximate surface area is 393 Å². The van der Waals surface area contributed by atoms with Gasteiger partial charge in [0.25, 0.3) is 11.8 Å². The third-order valence-corrected chi connectivity index (χ3v) is 14.7. The van der Waals surface area contributed by atoms with Crippen LogP contribution in [0.15, 0.2) is 146 Å². The zero-order valence-electron chi connectivity index (χ0n) is 36.1. The highest BCUT2D eigenvalue weighted by atomic mass is 35.5. The molecule has 66 heavy (non-hydrogen) atoms. The Morgan fingerprint density at radius 1 is 0.485 bits per heavy atom. The van der Waals surface area contributed by atoms with Crippen molar-refractivity contribution in [3.63, 3.8) is 0 Å². The van der Waals surface area contributed by atoms with E-state index in [0.29, 0.717) is 73.8 Å². The molecule has 332 valence electrons. The summed E-state index contributed by atoms with van der Waals surface area (Å²) >= 11 is 12.2.